The van der Waals surface area contributed by atoms with Crippen LogP contribution < -0.4 is 24.0 Å². The van der Waals surface area contributed by atoms with Gasteiger partial charge < -0.3 is 9.90 Å². The number of nitrogens with zero attached hydrogens (tertiary/aromatic N) is 1. The fourth-order valence-electron chi connectivity index (χ4n) is 1.48. The first kappa shape index (κ1) is 11.8. The average molecular weight is 193 g/mol. The number of aromatic nitrogens is 1. The maximum atomic E-state index is 10.8. The summed E-state index contributed by atoms with van der Waals surface area (Å²) in [6, 6.07) is 6.90. The van der Waals surface area contributed by atoms with Gasteiger partial charge in [0.2, 0.25) is 0 Å². The third-order valence-corrected chi connectivity index (χ3v) is 2.21. The largest absolute Gasteiger partial charge is 1.00 e. The van der Waals surface area contributed by atoms with Gasteiger partial charge in [-0.1, -0.05) is 18.2 Å². The number of carboxylic acid groups (broad SMARTS) is 1. The summed E-state index contributed by atoms with van der Waals surface area (Å²) in [6.45, 7) is 1.92. The molecule has 0 saturated heterocycles. The minimum Gasteiger partial charge on any atom is -0.545 e. The number of carbonyl (C=O) groups excluding carboxylic acids is 1. The fraction of sp³-hybridized carbons (Fsp3) is 0.0909. The van der Waals surface area contributed by atoms with Gasteiger partial charge in [0.1, 0.15) is 0 Å². The van der Waals surface area contributed by atoms with E-state index in [-0.39, 0.29) is 24.4 Å². The van der Waals surface area contributed by atoms with Gasteiger partial charge in [-0.25, -0.2) is 0 Å². The SMILES string of the molecule is Cc1ccnc2c(C(=O)[O-])cccc12.[Li+]. The number of aryl methyl sites for hydroxylation is 1. The van der Waals surface area contributed by atoms with Crippen LogP contribution in [0, 0.1) is 6.92 Å². The Balaban J connectivity index is 0.00000112. The predicted molar refractivity (Wildman–Crippen MR) is 50.8 cm³/mol. The summed E-state index contributed by atoms with van der Waals surface area (Å²) in [4.78, 5) is 14.8. The molecule has 1 heterocycles. The molecule has 0 N–H and O–H groups in total. The van der Waals surface area contributed by atoms with E-state index in [2.05, 4.69) is 4.98 Å². The molecule has 3 nitrogen and oxygen atoms in total. The standard InChI is InChI=1S/C11H9NO2.Li/c1-7-5-6-12-10-8(7)3-2-4-9(10)11(13)14;/h2-6H,1H3,(H,13,14);/q;+1/p-1. The molecule has 0 radical (unpaired) electrons. The normalized spacial score (nSPS) is 9.67. The van der Waals surface area contributed by atoms with E-state index in [1.807, 2.05) is 19.1 Å². The molecule has 70 valence electrons. The van der Waals surface area contributed by atoms with Crippen molar-refractivity contribution in [2.75, 3.05) is 0 Å². The topological polar surface area (TPSA) is 53.0 Å². The quantitative estimate of drug-likeness (QED) is 0.488. The van der Waals surface area contributed by atoms with Crippen LogP contribution in [0.15, 0.2) is 30.5 Å². The number of carbonyl (C=O) groups is 1. The van der Waals surface area contributed by atoms with Crippen LogP contribution in [0.3, 0.4) is 0 Å². The van der Waals surface area contributed by atoms with Crippen molar-refractivity contribution in [3.05, 3.63) is 41.6 Å². The van der Waals surface area contributed by atoms with Crippen molar-refractivity contribution in [3.63, 3.8) is 0 Å². The van der Waals surface area contributed by atoms with Gasteiger partial charge in [0.05, 0.1) is 11.5 Å². The van der Waals surface area contributed by atoms with E-state index >= 15 is 0 Å². The van der Waals surface area contributed by atoms with Crippen LogP contribution in [0.25, 0.3) is 10.9 Å². The Labute approximate surface area is 99.3 Å². The Morgan fingerprint density at radius 1 is 1.33 bits per heavy atom. The maximum Gasteiger partial charge on any atom is 1.00 e. The molecule has 0 amide bonds. The smallest absolute Gasteiger partial charge is 0.545 e. The number of aromatic carboxylic acids is 1. The van der Waals surface area contributed by atoms with E-state index in [0.29, 0.717) is 5.52 Å². The zero-order valence-corrected chi connectivity index (χ0v) is 8.65. The second-order valence-electron chi connectivity index (χ2n) is 3.12. The minimum atomic E-state index is -1.19. The van der Waals surface area contributed by atoms with E-state index < -0.39 is 5.97 Å². The van der Waals surface area contributed by atoms with E-state index in [4.69, 9.17) is 0 Å². The predicted octanol–water partition coefficient (Wildman–Crippen LogP) is -2.09. The van der Waals surface area contributed by atoms with Gasteiger partial charge in [-0.15, -0.1) is 0 Å². The van der Waals surface area contributed by atoms with E-state index in [1.165, 1.54) is 6.07 Å². The third-order valence-electron chi connectivity index (χ3n) is 2.21. The molecule has 15 heavy (non-hydrogen) atoms. The van der Waals surface area contributed by atoms with Gasteiger partial charge in [-0.05, 0) is 18.6 Å². The Morgan fingerprint density at radius 3 is 2.73 bits per heavy atom. The molecule has 4 heteroatoms. The molecule has 0 aliphatic rings. The molecular formula is C11H8LiNO2. The van der Waals surface area contributed by atoms with Gasteiger partial charge in [-0.2, -0.15) is 0 Å². The molecule has 0 unspecified atom stereocenters. The second-order valence-corrected chi connectivity index (χ2v) is 3.12. The molecule has 0 atom stereocenters. The van der Waals surface area contributed by atoms with Crippen molar-refractivity contribution < 1.29 is 28.8 Å². The number of para-hydroxylation sites is 1. The van der Waals surface area contributed by atoms with E-state index in [1.54, 1.807) is 12.3 Å². The van der Waals surface area contributed by atoms with Crippen LogP contribution in [0.2, 0.25) is 0 Å². The van der Waals surface area contributed by atoms with Crippen LogP contribution in [-0.4, -0.2) is 11.0 Å². The zero-order chi connectivity index (χ0) is 10.1. The number of carboxylic acids is 1. The van der Waals surface area contributed by atoms with Crippen molar-refractivity contribution in [1.82, 2.24) is 4.98 Å². The van der Waals surface area contributed by atoms with Crippen molar-refractivity contribution in [3.8, 4) is 0 Å². The van der Waals surface area contributed by atoms with Crippen LogP contribution in [0.4, 0.5) is 0 Å². The molecule has 0 fully saturated rings. The molecule has 1 aromatic carbocycles. The van der Waals surface area contributed by atoms with Gasteiger partial charge in [0.25, 0.3) is 0 Å². The number of hydrogen-bond donors (Lipinski definition) is 0. The van der Waals surface area contributed by atoms with E-state index in [9.17, 15) is 9.90 Å². The van der Waals surface area contributed by atoms with Gasteiger partial charge in [0.15, 0.2) is 0 Å². The summed E-state index contributed by atoms with van der Waals surface area (Å²) in [7, 11) is 0. The number of rotatable bonds is 1. The summed E-state index contributed by atoms with van der Waals surface area (Å²) in [6.07, 6.45) is 1.60. The maximum absolute atomic E-state index is 10.8. The first-order chi connectivity index (χ1) is 6.70. The number of benzene rings is 1. The first-order valence-electron chi connectivity index (χ1n) is 4.26. The molecule has 0 saturated carbocycles. The zero-order valence-electron chi connectivity index (χ0n) is 8.65. The van der Waals surface area contributed by atoms with Crippen LogP contribution >= 0.6 is 0 Å². The van der Waals surface area contributed by atoms with Gasteiger partial charge in [-0.3, -0.25) is 4.98 Å². The molecule has 2 aromatic rings. The average Bonchev–Trinajstić information content (AvgIpc) is 2.17. The minimum absolute atomic E-state index is 0. The fourth-order valence-corrected chi connectivity index (χ4v) is 1.48. The molecule has 2 rings (SSSR count). The van der Waals surface area contributed by atoms with Crippen molar-refractivity contribution in [2.24, 2.45) is 0 Å². The summed E-state index contributed by atoms with van der Waals surface area (Å²) in [5.74, 6) is -1.19. The molecule has 1 aromatic heterocycles. The van der Waals surface area contributed by atoms with Crippen LogP contribution in [0.5, 0.6) is 0 Å². The third kappa shape index (κ3) is 2.04. The molecule has 0 spiro atoms. The molecule has 0 aliphatic heterocycles. The Bertz CT molecular complexity index is 511. The monoisotopic (exact) mass is 193 g/mol. The summed E-state index contributed by atoms with van der Waals surface area (Å²) >= 11 is 0. The summed E-state index contributed by atoms with van der Waals surface area (Å²) in [5.41, 5.74) is 1.65. The second kappa shape index (κ2) is 4.48. The van der Waals surface area contributed by atoms with Crippen LogP contribution in [0.1, 0.15) is 15.9 Å². The number of hydrogen-bond acceptors (Lipinski definition) is 3. The summed E-state index contributed by atoms with van der Waals surface area (Å²) in [5, 5.41) is 11.6. The first-order valence-corrected chi connectivity index (χ1v) is 4.26. The Kier molecular flexibility index (Phi) is 3.51. The summed E-state index contributed by atoms with van der Waals surface area (Å²) < 4.78 is 0. The van der Waals surface area contributed by atoms with Crippen molar-refractivity contribution in [1.29, 1.82) is 0 Å². The Morgan fingerprint density at radius 2 is 2.07 bits per heavy atom. The van der Waals surface area contributed by atoms with E-state index in [0.717, 1.165) is 10.9 Å². The number of fused-ring (bicyclic) bond motifs is 1. The van der Waals surface area contributed by atoms with Crippen molar-refractivity contribution in [2.45, 2.75) is 6.92 Å². The number of pyridine rings is 1. The van der Waals surface area contributed by atoms with Gasteiger partial charge >= 0.3 is 18.9 Å². The molecular weight excluding hydrogens is 185 g/mol. The van der Waals surface area contributed by atoms with Gasteiger partial charge in [0, 0.05) is 17.1 Å². The van der Waals surface area contributed by atoms with Crippen LogP contribution in [-0.2, 0) is 0 Å². The Hall–Kier alpha value is -1.30. The molecule has 0 aliphatic carbocycles. The van der Waals surface area contributed by atoms with Crippen molar-refractivity contribution >= 4 is 16.9 Å². The molecule has 0 bridgehead atoms.